The highest BCUT2D eigenvalue weighted by atomic mass is 16.5. The van der Waals surface area contributed by atoms with E-state index in [0.29, 0.717) is 11.2 Å². The first-order valence-electron chi connectivity index (χ1n) is 4.75. The molecule has 86 valence electrons. The van der Waals surface area contributed by atoms with Crippen molar-refractivity contribution in [3.05, 3.63) is 16.7 Å². The van der Waals surface area contributed by atoms with Crippen molar-refractivity contribution >= 4 is 17.1 Å². The fourth-order valence-electron chi connectivity index (χ4n) is 1.65. The average Bonchev–Trinajstić information content (AvgIpc) is 2.80. The van der Waals surface area contributed by atoms with Gasteiger partial charge in [-0.05, 0) is 6.92 Å². The lowest BCUT2D eigenvalue weighted by molar-refractivity contribution is -0.143. The average molecular weight is 224 g/mol. The largest absolute Gasteiger partial charge is 0.467 e. The Labute approximate surface area is 90.6 Å². The molecule has 2 aromatic rings. The molecule has 0 aliphatic carbocycles. The number of nitrogens with one attached hydrogen (secondary N) is 1. The van der Waals surface area contributed by atoms with E-state index in [1.54, 1.807) is 14.0 Å². The van der Waals surface area contributed by atoms with Crippen molar-refractivity contribution in [1.82, 2.24) is 19.3 Å². The van der Waals surface area contributed by atoms with Gasteiger partial charge in [-0.1, -0.05) is 0 Å². The van der Waals surface area contributed by atoms with Crippen molar-refractivity contribution in [3.63, 3.8) is 0 Å². The molecule has 0 amide bonds. The van der Waals surface area contributed by atoms with E-state index in [9.17, 15) is 9.59 Å². The first-order chi connectivity index (χ1) is 7.56. The molecule has 0 saturated heterocycles. The maximum Gasteiger partial charge on any atom is 0.328 e. The van der Waals surface area contributed by atoms with Crippen LogP contribution in [0.15, 0.2) is 11.1 Å². The minimum atomic E-state index is -0.571. The Balaban J connectivity index is 2.62. The monoisotopic (exact) mass is 224 g/mol. The summed E-state index contributed by atoms with van der Waals surface area (Å²) in [4.78, 5) is 27.1. The van der Waals surface area contributed by atoms with Gasteiger partial charge in [0.25, 0.3) is 5.56 Å². The summed E-state index contributed by atoms with van der Waals surface area (Å²) in [5.74, 6) is -0.414. The number of H-pyrrole nitrogens is 1. The zero-order valence-electron chi connectivity index (χ0n) is 9.22. The van der Waals surface area contributed by atoms with Crippen LogP contribution in [0.4, 0.5) is 0 Å². The Morgan fingerprint density at radius 3 is 2.94 bits per heavy atom. The number of carbonyl (C=O) groups is 1. The lowest BCUT2D eigenvalue weighted by atomic mass is 10.3. The van der Waals surface area contributed by atoms with Gasteiger partial charge in [0.1, 0.15) is 6.04 Å². The van der Waals surface area contributed by atoms with E-state index in [1.165, 1.54) is 22.7 Å². The van der Waals surface area contributed by atoms with Crippen molar-refractivity contribution < 1.29 is 9.53 Å². The molecule has 7 nitrogen and oxygen atoms in total. The fourth-order valence-corrected chi connectivity index (χ4v) is 1.65. The van der Waals surface area contributed by atoms with Gasteiger partial charge in [0.2, 0.25) is 0 Å². The van der Waals surface area contributed by atoms with Crippen LogP contribution in [0.5, 0.6) is 0 Å². The van der Waals surface area contributed by atoms with E-state index >= 15 is 0 Å². The molecule has 1 atom stereocenters. The van der Waals surface area contributed by atoms with Crippen LogP contribution in [-0.4, -0.2) is 32.4 Å². The molecule has 0 fully saturated rings. The summed E-state index contributed by atoms with van der Waals surface area (Å²) in [5, 5.41) is 2.57. The number of fused-ring (bicyclic) bond motifs is 1. The van der Waals surface area contributed by atoms with Crippen LogP contribution in [-0.2, 0) is 16.6 Å². The van der Waals surface area contributed by atoms with Crippen LogP contribution in [0.25, 0.3) is 11.2 Å². The van der Waals surface area contributed by atoms with Gasteiger partial charge >= 0.3 is 5.97 Å². The van der Waals surface area contributed by atoms with E-state index in [1.807, 2.05) is 0 Å². The Kier molecular flexibility index (Phi) is 2.30. The van der Waals surface area contributed by atoms with Gasteiger partial charge in [0.15, 0.2) is 11.2 Å². The summed E-state index contributed by atoms with van der Waals surface area (Å²) in [6, 6.07) is -0.571. The Morgan fingerprint density at radius 2 is 2.31 bits per heavy atom. The second-order valence-corrected chi connectivity index (χ2v) is 3.52. The minimum absolute atomic E-state index is 0.272. The maximum absolute atomic E-state index is 11.6. The molecule has 2 rings (SSSR count). The third-order valence-corrected chi connectivity index (χ3v) is 2.54. The fraction of sp³-hybridized carbons (Fsp3) is 0.444. The minimum Gasteiger partial charge on any atom is -0.467 e. The van der Waals surface area contributed by atoms with Crippen LogP contribution < -0.4 is 5.56 Å². The van der Waals surface area contributed by atoms with Crippen molar-refractivity contribution in [2.75, 3.05) is 7.11 Å². The van der Waals surface area contributed by atoms with Crippen molar-refractivity contribution in [1.29, 1.82) is 0 Å². The number of imidazole rings is 1. The number of nitrogens with zero attached hydrogens (tertiary/aromatic N) is 3. The van der Waals surface area contributed by atoms with Gasteiger partial charge in [-0.3, -0.25) is 14.6 Å². The molecule has 2 heterocycles. The number of methoxy groups -OCH3 is 1. The molecule has 0 radical (unpaired) electrons. The lowest BCUT2D eigenvalue weighted by Gasteiger charge is -2.09. The second-order valence-electron chi connectivity index (χ2n) is 3.52. The molecule has 16 heavy (non-hydrogen) atoms. The van der Waals surface area contributed by atoms with E-state index < -0.39 is 12.0 Å². The number of hydrogen-bond acceptors (Lipinski definition) is 4. The summed E-state index contributed by atoms with van der Waals surface area (Å²) in [5.41, 5.74) is 0.618. The molecular formula is C9H12N4O3. The summed E-state index contributed by atoms with van der Waals surface area (Å²) >= 11 is 0. The quantitative estimate of drug-likeness (QED) is 0.716. The Morgan fingerprint density at radius 1 is 1.62 bits per heavy atom. The van der Waals surface area contributed by atoms with Gasteiger partial charge in [0, 0.05) is 7.05 Å². The zero-order valence-corrected chi connectivity index (χ0v) is 9.22. The Bertz CT molecular complexity index is 591. The molecule has 0 spiro atoms. The van der Waals surface area contributed by atoms with Crippen molar-refractivity contribution in [2.24, 2.45) is 7.05 Å². The third-order valence-electron chi connectivity index (χ3n) is 2.54. The molecule has 0 saturated carbocycles. The van der Waals surface area contributed by atoms with Crippen LogP contribution in [0.3, 0.4) is 0 Å². The SMILES string of the molecule is COC(=O)[C@H](C)n1cnc2c1c(=O)[nH]n2C. The highest BCUT2D eigenvalue weighted by Gasteiger charge is 2.20. The summed E-state index contributed by atoms with van der Waals surface area (Å²) < 4.78 is 7.64. The molecule has 7 heteroatoms. The van der Waals surface area contributed by atoms with Crippen LogP contribution in [0.2, 0.25) is 0 Å². The predicted octanol–water partition coefficient (Wildman–Crippen LogP) is -0.203. The van der Waals surface area contributed by atoms with E-state index in [2.05, 4.69) is 14.8 Å². The highest BCUT2D eigenvalue weighted by Crippen LogP contribution is 2.14. The van der Waals surface area contributed by atoms with Gasteiger partial charge in [-0.2, -0.15) is 0 Å². The molecule has 0 bridgehead atoms. The number of ether oxygens (including phenoxy) is 1. The molecule has 0 unspecified atom stereocenters. The molecule has 2 aromatic heterocycles. The predicted molar refractivity (Wildman–Crippen MR) is 56.1 cm³/mol. The molecule has 0 aliphatic heterocycles. The van der Waals surface area contributed by atoms with Crippen LogP contribution >= 0.6 is 0 Å². The molecule has 0 aliphatic rings. The third kappa shape index (κ3) is 1.32. The first kappa shape index (κ1) is 10.5. The number of aromatic amines is 1. The normalized spacial score (nSPS) is 12.9. The number of carbonyl (C=O) groups excluding carboxylic acids is 1. The van der Waals surface area contributed by atoms with Crippen LogP contribution in [0.1, 0.15) is 13.0 Å². The molecule has 1 N–H and O–H groups in total. The summed E-state index contributed by atoms with van der Waals surface area (Å²) in [6.07, 6.45) is 1.46. The Hall–Kier alpha value is -2.05. The van der Waals surface area contributed by atoms with Gasteiger partial charge in [-0.25, -0.2) is 9.78 Å². The van der Waals surface area contributed by atoms with E-state index in [-0.39, 0.29) is 5.56 Å². The van der Waals surface area contributed by atoms with Crippen LogP contribution in [0, 0.1) is 0 Å². The number of hydrogen-bond donors (Lipinski definition) is 1. The molecular weight excluding hydrogens is 212 g/mol. The molecule has 0 aromatic carbocycles. The second kappa shape index (κ2) is 3.51. The maximum atomic E-state index is 11.6. The standard InChI is InChI=1S/C9H12N4O3/c1-5(9(15)16-3)13-4-10-7-6(13)8(14)11-12(7)2/h4-5H,1-3H3,(H,11,14)/t5-/m0/s1. The summed E-state index contributed by atoms with van der Waals surface area (Å²) in [6.45, 7) is 1.65. The van der Waals surface area contributed by atoms with E-state index in [4.69, 9.17) is 0 Å². The number of esters is 1. The zero-order chi connectivity index (χ0) is 11.9. The van der Waals surface area contributed by atoms with Gasteiger partial charge in [-0.15, -0.1) is 0 Å². The summed E-state index contributed by atoms with van der Waals surface area (Å²) in [7, 11) is 2.99. The smallest absolute Gasteiger partial charge is 0.328 e. The van der Waals surface area contributed by atoms with Gasteiger partial charge < -0.3 is 9.30 Å². The van der Waals surface area contributed by atoms with Crippen molar-refractivity contribution in [2.45, 2.75) is 13.0 Å². The van der Waals surface area contributed by atoms with Crippen molar-refractivity contribution in [3.8, 4) is 0 Å². The first-order valence-corrected chi connectivity index (χ1v) is 4.75. The topological polar surface area (TPSA) is 81.9 Å². The number of aryl methyl sites for hydroxylation is 1. The number of aromatic nitrogens is 4. The van der Waals surface area contributed by atoms with Gasteiger partial charge in [0.05, 0.1) is 13.4 Å². The number of rotatable bonds is 2. The lowest BCUT2D eigenvalue weighted by Crippen LogP contribution is -2.19. The highest BCUT2D eigenvalue weighted by molar-refractivity contribution is 5.78. The van der Waals surface area contributed by atoms with E-state index in [0.717, 1.165) is 0 Å².